The summed E-state index contributed by atoms with van der Waals surface area (Å²) in [6, 6.07) is 26.6. The van der Waals surface area contributed by atoms with E-state index in [2.05, 4.69) is 15.6 Å². The second-order valence-electron chi connectivity index (χ2n) is 17.7. The molecule has 0 saturated heterocycles. The van der Waals surface area contributed by atoms with E-state index in [0.717, 1.165) is 33.4 Å². The molecule has 3 saturated carbocycles. The Labute approximate surface area is 338 Å². The molecule has 1 aromatic heterocycles. The number of rotatable bonds is 12. The van der Waals surface area contributed by atoms with Crippen LogP contribution in [0.15, 0.2) is 91.1 Å². The average molecular weight is 784 g/mol. The average Bonchev–Trinajstić information content (AvgIpc) is 3.67. The number of ether oxygens (including phenoxy) is 2. The number of pyridine rings is 1. The summed E-state index contributed by atoms with van der Waals surface area (Å²) in [4.78, 5) is 74.9. The van der Waals surface area contributed by atoms with Crippen LogP contribution < -0.4 is 10.6 Å². The molecule has 1 spiro atoms. The number of esters is 1. The standard InChI is InChI=1S/C46H49N5O7/c1-43(2,3)58-42(56)50(4)23-32-13-8-9-14-33(32)24-51(41(55)45-27-44(28-45,29-45)22-38(53)57-26-30-11-6-5-7-12-30)25-37(52)48-35-17-16-31-20-46(21-34(31)19-35)36-15-10-18-47-39(36)49-40(46)54/h5-19H,20-29H2,1-4H3,(H,48,52)(H,47,49,54)/t44?,45?,46-/m1/s1. The van der Waals surface area contributed by atoms with Gasteiger partial charge in [0, 0.05) is 37.6 Å². The van der Waals surface area contributed by atoms with Crippen LogP contribution in [0.5, 0.6) is 0 Å². The lowest BCUT2D eigenvalue weighted by atomic mass is 9.34. The maximum atomic E-state index is 14.5. The molecule has 0 radical (unpaired) electrons. The molecule has 9 rings (SSSR count). The van der Waals surface area contributed by atoms with Gasteiger partial charge >= 0.3 is 12.1 Å². The van der Waals surface area contributed by atoms with Crippen LogP contribution in [0.2, 0.25) is 0 Å². The summed E-state index contributed by atoms with van der Waals surface area (Å²) in [6.07, 6.45) is 4.14. The molecular weight excluding hydrogens is 735 g/mol. The summed E-state index contributed by atoms with van der Waals surface area (Å²) in [6.45, 7) is 5.83. The Kier molecular flexibility index (Phi) is 9.85. The van der Waals surface area contributed by atoms with Crippen LogP contribution in [0, 0.1) is 10.8 Å². The van der Waals surface area contributed by atoms with Crippen LogP contribution in [-0.4, -0.2) is 63.8 Å². The van der Waals surface area contributed by atoms with E-state index in [-0.39, 0.29) is 61.8 Å². The fourth-order valence-corrected chi connectivity index (χ4v) is 9.49. The monoisotopic (exact) mass is 783 g/mol. The molecule has 12 heteroatoms. The second kappa shape index (κ2) is 14.7. The van der Waals surface area contributed by atoms with Crippen molar-refractivity contribution in [2.45, 2.75) is 90.0 Å². The van der Waals surface area contributed by atoms with Crippen LogP contribution in [0.3, 0.4) is 0 Å². The molecule has 12 nitrogen and oxygen atoms in total. The molecule has 2 bridgehead atoms. The highest BCUT2D eigenvalue weighted by Crippen LogP contribution is 2.75. The number of aromatic nitrogens is 1. The topological polar surface area (TPSA) is 147 Å². The quantitative estimate of drug-likeness (QED) is 0.151. The van der Waals surface area contributed by atoms with Gasteiger partial charge in [-0.25, -0.2) is 9.78 Å². The summed E-state index contributed by atoms with van der Waals surface area (Å²) in [5.74, 6) is -0.252. The molecule has 4 amide bonds. The van der Waals surface area contributed by atoms with E-state index >= 15 is 0 Å². The molecule has 1 atom stereocenters. The number of fused-ring (bicyclic) bond motifs is 3. The highest BCUT2D eigenvalue weighted by molar-refractivity contribution is 6.06. The summed E-state index contributed by atoms with van der Waals surface area (Å²) in [5.41, 5.74) is 3.69. The maximum Gasteiger partial charge on any atom is 0.410 e. The van der Waals surface area contributed by atoms with Crippen molar-refractivity contribution in [2.75, 3.05) is 24.2 Å². The van der Waals surface area contributed by atoms with E-state index in [4.69, 9.17) is 9.47 Å². The molecule has 3 aromatic carbocycles. The number of carbonyl (C=O) groups excluding carboxylic acids is 5. The van der Waals surface area contributed by atoms with Gasteiger partial charge in [-0.1, -0.05) is 66.7 Å². The summed E-state index contributed by atoms with van der Waals surface area (Å²) in [5, 5.41) is 5.96. The minimum absolute atomic E-state index is 0.0748. The van der Waals surface area contributed by atoms with E-state index in [1.807, 2.05) is 106 Å². The van der Waals surface area contributed by atoms with Crippen LogP contribution in [0.25, 0.3) is 0 Å². The van der Waals surface area contributed by atoms with Crippen molar-refractivity contribution in [3.63, 3.8) is 0 Å². The fraction of sp³-hybridized carbons (Fsp3) is 0.391. The van der Waals surface area contributed by atoms with Crippen LogP contribution in [-0.2, 0) is 66.6 Å². The zero-order valence-corrected chi connectivity index (χ0v) is 33.4. The predicted molar refractivity (Wildman–Crippen MR) is 216 cm³/mol. The van der Waals surface area contributed by atoms with Gasteiger partial charge < -0.3 is 29.9 Å². The molecule has 2 N–H and O–H groups in total. The lowest BCUT2D eigenvalue weighted by Gasteiger charge is -2.69. The molecule has 1 aliphatic heterocycles. The number of hydrogen-bond acceptors (Lipinski definition) is 8. The Morgan fingerprint density at radius 1 is 0.862 bits per heavy atom. The molecule has 4 aromatic rings. The Morgan fingerprint density at radius 3 is 2.28 bits per heavy atom. The third kappa shape index (κ3) is 7.55. The van der Waals surface area contributed by atoms with Crippen LogP contribution in [0.1, 0.15) is 79.8 Å². The predicted octanol–water partition coefficient (Wildman–Crippen LogP) is 6.71. The molecule has 0 unspecified atom stereocenters. The SMILES string of the molecule is CN(Cc1ccccc1CN(CC(=O)Nc1ccc2c(c1)C[C@@]1(C2)C(=O)Nc2ncccc21)C(=O)C12CC(CC(=O)OCc3ccccc3)(C1)C2)C(=O)OC(C)(C)C. The van der Waals surface area contributed by atoms with Crippen molar-refractivity contribution < 1.29 is 33.4 Å². The Hall–Kier alpha value is -6.04. The number of nitrogens with zero attached hydrogens (tertiary/aromatic N) is 3. The molecule has 4 aliphatic carbocycles. The van der Waals surface area contributed by atoms with Gasteiger partial charge in [-0.05, 0) is 104 Å². The summed E-state index contributed by atoms with van der Waals surface area (Å²) in [7, 11) is 1.67. The van der Waals surface area contributed by atoms with E-state index < -0.39 is 22.5 Å². The normalized spacial score (nSPS) is 22.1. The van der Waals surface area contributed by atoms with Crippen molar-refractivity contribution in [2.24, 2.45) is 10.8 Å². The first-order chi connectivity index (χ1) is 27.6. The van der Waals surface area contributed by atoms with Gasteiger partial charge in [-0.15, -0.1) is 0 Å². The Balaban J connectivity index is 0.968. The lowest BCUT2D eigenvalue weighted by Crippen LogP contribution is -2.68. The number of benzene rings is 3. The van der Waals surface area contributed by atoms with Crippen molar-refractivity contribution in [3.8, 4) is 0 Å². The Morgan fingerprint density at radius 2 is 1.55 bits per heavy atom. The minimum atomic E-state index is -0.735. The van der Waals surface area contributed by atoms with E-state index in [1.165, 1.54) is 4.90 Å². The van der Waals surface area contributed by atoms with E-state index in [9.17, 15) is 24.0 Å². The van der Waals surface area contributed by atoms with Crippen molar-refractivity contribution >= 4 is 41.3 Å². The highest BCUT2D eigenvalue weighted by Gasteiger charge is 2.72. The van der Waals surface area contributed by atoms with Crippen molar-refractivity contribution in [1.29, 1.82) is 0 Å². The number of nitrogens with one attached hydrogen (secondary N) is 2. The van der Waals surface area contributed by atoms with Gasteiger partial charge in [-0.2, -0.15) is 0 Å². The molecule has 2 heterocycles. The van der Waals surface area contributed by atoms with Crippen molar-refractivity contribution in [1.82, 2.24) is 14.8 Å². The minimum Gasteiger partial charge on any atom is -0.461 e. The third-order valence-electron chi connectivity index (χ3n) is 12.0. The second-order valence-corrected chi connectivity index (χ2v) is 17.7. The fourth-order valence-electron chi connectivity index (χ4n) is 9.49. The van der Waals surface area contributed by atoms with E-state index in [1.54, 1.807) is 18.1 Å². The van der Waals surface area contributed by atoms with Gasteiger partial charge in [0.2, 0.25) is 17.7 Å². The van der Waals surface area contributed by atoms with Gasteiger partial charge in [0.05, 0.1) is 17.3 Å². The zero-order valence-electron chi connectivity index (χ0n) is 33.4. The van der Waals surface area contributed by atoms with Gasteiger partial charge in [0.25, 0.3) is 0 Å². The number of anilines is 2. The molecule has 5 aliphatic rings. The maximum absolute atomic E-state index is 14.5. The first-order valence-electron chi connectivity index (χ1n) is 19.8. The number of amides is 4. The third-order valence-corrected chi connectivity index (χ3v) is 12.0. The van der Waals surface area contributed by atoms with Gasteiger partial charge in [0.1, 0.15) is 24.6 Å². The smallest absolute Gasteiger partial charge is 0.410 e. The lowest BCUT2D eigenvalue weighted by molar-refractivity contribution is -0.222. The van der Waals surface area contributed by atoms with Crippen LogP contribution in [0.4, 0.5) is 16.3 Å². The molecule has 3 fully saturated rings. The van der Waals surface area contributed by atoms with Crippen molar-refractivity contribution in [3.05, 3.63) is 125 Å². The first-order valence-corrected chi connectivity index (χ1v) is 19.8. The first kappa shape index (κ1) is 38.8. The zero-order chi connectivity index (χ0) is 40.9. The number of hydrogen-bond donors (Lipinski definition) is 2. The summed E-state index contributed by atoms with van der Waals surface area (Å²) >= 11 is 0. The Bertz CT molecular complexity index is 2280. The molecule has 58 heavy (non-hydrogen) atoms. The van der Waals surface area contributed by atoms with Crippen LogP contribution >= 0.6 is 0 Å². The van der Waals surface area contributed by atoms with E-state index in [0.29, 0.717) is 43.6 Å². The highest BCUT2D eigenvalue weighted by atomic mass is 16.6. The largest absolute Gasteiger partial charge is 0.461 e. The summed E-state index contributed by atoms with van der Waals surface area (Å²) < 4.78 is 11.1. The van der Waals surface area contributed by atoms with Gasteiger partial charge in [0.15, 0.2) is 0 Å². The van der Waals surface area contributed by atoms with Gasteiger partial charge in [-0.3, -0.25) is 19.2 Å². The number of carbonyl (C=O) groups is 5. The molecule has 300 valence electrons. The molecular formula is C46H49N5O7.